The van der Waals surface area contributed by atoms with Crippen LogP contribution in [0.4, 0.5) is 5.69 Å². The number of halogens is 1. The van der Waals surface area contributed by atoms with Gasteiger partial charge in [0.15, 0.2) is 5.75 Å². The molecule has 1 aromatic carbocycles. The predicted molar refractivity (Wildman–Crippen MR) is 53.9 cm³/mol. The fraction of sp³-hybridized carbons (Fsp3) is 0. The second-order valence-electron chi connectivity index (χ2n) is 2.16. The van der Waals surface area contributed by atoms with E-state index >= 15 is 0 Å². The molecule has 0 atom stereocenters. The fourth-order valence-electron chi connectivity index (χ4n) is 0.724. The van der Waals surface area contributed by atoms with Crippen LogP contribution in [0.5, 0.6) is 5.75 Å². The van der Waals surface area contributed by atoms with Crippen molar-refractivity contribution in [2.45, 2.75) is 0 Å². The molecule has 0 amide bonds. The highest BCUT2D eigenvalue weighted by Crippen LogP contribution is 2.19. The zero-order valence-corrected chi connectivity index (χ0v) is 7.71. The number of nitrogens with two attached hydrogens (primary N) is 1. The molecular weight excluding hydrogens is 190 g/mol. The maximum absolute atomic E-state index is 10.7. The number of carbonyl (C=O) groups excluding carboxylic acids is 1. The smallest absolute Gasteiger partial charge is 0.335 e. The van der Waals surface area contributed by atoms with E-state index in [0.29, 0.717) is 11.4 Å². The lowest BCUT2D eigenvalue weighted by molar-refractivity contribution is -0.128. The van der Waals surface area contributed by atoms with E-state index in [0.717, 1.165) is 6.08 Å². The van der Waals surface area contributed by atoms with Crippen molar-refractivity contribution in [1.29, 1.82) is 0 Å². The van der Waals surface area contributed by atoms with Crippen molar-refractivity contribution < 1.29 is 9.53 Å². The number of hydrogen-bond donors (Lipinski definition) is 1. The van der Waals surface area contributed by atoms with Crippen LogP contribution in [0.1, 0.15) is 0 Å². The van der Waals surface area contributed by atoms with Gasteiger partial charge in [0.2, 0.25) is 0 Å². The average molecular weight is 200 g/mol. The van der Waals surface area contributed by atoms with Gasteiger partial charge >= 0.3 is 5.97 Å². The molecule has 0 aliphatic heterocycles. The van der Waals surface area contributed by atoms with Crippen LogP contribution in [0, 0.1) is 0 Å². The van der Waals surface area contributed by atoms with Crippen molar-refractivity contribution in [2.75, 3.05) is 5.73 Å². The van der Waals surface area contributed by atoms with Crippen LogP contribution in [-0.4, -0.2) is 5.97 Å². The predicted octanol–water partition coefficient (Wildman–Crippen LogP) is 1.78. The minimum absolute atomic E-state index is 0. The molecule has 13 heavy (non-hydrogen) atoms. The van der Waals surface area contributed by atoms with Crippen LogP contribution in [0.3, 0.4) is 0 Å². The molecule has 0 aliphatic carbocycles. The van der Waals surface area contributed by atoms with Gasteiger partial charge in [0.1, 0.15) is 0 Å². The first-order valence-electron chi connectivity index (χ1n) is 3.43. The number of nitrogen functional groups attached to an aromatic ring is 1. The molecule has 0 unspecified atom stereocenters. The van der Waals surface area contributed by atoms with Gasteiger partial charge in [-0.2, -0.15) is 0 Å². The molecule has 2 N–H and O–H groups in total. The van der Waals surface area contributed by atoms with Gasteiger partial charge in [0, 0.05) is 6.08 Å². The number of para-hydroxylation sites is 2. The van der Waals surface area contributed by atoms with E-state index in [1.807, 2.05) is 0 Å². The van der Waals surface area contributed by atoms with Crippen molar-refractivity contribution in [3.8, 4) is 5.75 Å². The van der Waals surface area contributed by atoms with Crippen molar-refractivity contribution in [2.24, 2.45) is 0 Å². The van der Waals surface area contributed by atoms with E-state index in [9.17, 15) is 4.79 Å². The maximum atomic E-state index is 10.7. The second kappa shape index (κ2) is 5.22. The molecule has 0 saturated carbocycles. The lowest BCUT2D eigenvalue weighted by Gasteiger charge is -2.02. The van der Waals surface area contributed by atoms with Gasteiger partial charge < -0.3 is 10.5 Å². The quantitative estimate of drug-likeness (QED) is 0.342. The Morgan fingerprint density at radius 3 is 2.62 bits per heavy atom. The number of carbonyl (C=O) groups is 1. The first-order valence-corrected chi connectivity index (χ1v) is 3.43. The molecule has 0 saturated heterocycles. The summed E-state index contributed by atoms with van der Waals surface area (Å²) in [5.41, 5.74) is 5.95. The molecule has 70 valence electrons. The summed E-state index contributed by atoms with van der Waals surface area (Å²) in [6.45, 7) is 3.27. The summed E-state index contributed by atoms with van der Waals surface area (Å²) >= 11 is 0. The third kappa shape index (κ3) is 3.17. The number of hydrogen-bond acceptors (Lipinski definition) is 3. The van der Waals surface area contributed by atoms with E-state index in [1.54, 1.807) is 24.3 Å². The molecule has 0 heterocycles. The maximum Gasteiger partial charge on any atom is 0.335 e. The zero-order valence-electron chi connectivity index (χ0n) is 6.90. The molecule has 0 aromatic heterocycles. The Bertz CT molecular complexity index is 312. The van der Waals surface area contributed by atoms with Gasteiger partial charge in [0.05, 0.1) is 5.69 Å². The summed E-state index contributed by atoms with van der Waals surface area (Å²) in [6.07, 6.45) is 1.09. The molecule has 0 fully saturated rings. The van der Waals surface area contributed by atoms with Crippen molar-refractivity contribution >= 4 is 24.1 Å². The van der Waals surface area contributed by atoms with Crippen LogP contribution >= 0.6 is 12.4 Å². The molecule has 3 nitrogen and oxygen atoms in total. The Balaban J connectivity index is 0.00000144. The molecular formula is C9H10ClNO2. The molecule has 4 heteroatoms. The van der Waals surface area contributed by atoms with Crippen LogP contribution in [-0.2, 0) is 4.79 Å². The van der Waals surface area contributed by atoms with Gasteiger partial charge in [-0.1, -0.05) is 18.7 Å². The van der Waals surface area contributed by atoms with E-state index in [1.165, 1.54) is 0 Å². The van der Waals surface area contributed by atoms with E-state index < -0.39 is 5.97 Å². The van der Waals surface area contributed by atoms with Crippen LogP contribution in [0.25, 0.3) is 0 Å². The highest BCUT2D eigenvalue weighted by molar-refractivity contribution is 5.85. The summed E-state index contributed by atoms with van der Waals surface area (Å²) in [7, 11) is 0. The summed E-state index contributed by atoms with van der Waals surface area (Å²) in [6, 6.07) is 6.78. The van der Waals surface area contributed by atoms with Gasteiger partial charge in [-0.3, -0.25) is 0 Å². The average Bonchev–Trinajstić information content (AvgIpc) is 2.09. The van der Waals surface area contributed by atoms with Crippen LogP contribution in [0.15, 0.2) is 36.9 Å². The largest absolute Gasteiger partial charge is 0.421 e. The van der Waals surface area contributed by atoms with Gasteiger partial charge in [-0.25, -0.2) is 4.79 Å². The van der Waals surface area contributed by atoms with Gasteiger partial charge in [-0.15, -0.1) is 12.4 Å². The Kier molecular flexibility index (Phi) is 4.62. The molecule has 0 radical (unpaired) electrons. The highest BCUT2D eigenvalue weighted by atomic mass is 35.5. The third-order valence-corrected chi connectivity index (χ3v) is 1.30. The third-order valence-electron chi connectivity index (χ3n) is 1.30. The van der Waals surface area contributed by atoms with Crippen molar-refractivity contribution in [1.82, 2.24) is 0 Å². The number of ether oxygens (including phenoxy) is 1. The SMILES string of the molecule is C=CC(=O)Oc1ccccc1N.Cl. The fourth-order valence-corrected chi connectivity index (χ4v) is 0.724. The highest BCUT2D eigenvalue weighted by Gasteiger charge is 2.01. The Morgan fingerprint density at radius 2 is 2.08 bits per heavy atom. The minimum atomic E-state index is -0.507. The van der Waals surface area contributed by atoms with Crippen molar-refractivity contribution in [3.05, 3.63) is 36.9 Å². The Morgan fingerprint density at radius 1 is 1.46 bits per heavy atom. The summed E-state index contributed by atoms with van der Waals surface area (Å²) in [5, 5.41) is 0. The van der Waals surface area contributed by atoms with Crippen LogP contribution < -0.4 is 10.5 Å². The second-order valence-corrected chi connectivity index (χ2v) is 2.16. The van der Waals surface area contributed by atoms with Gasteiger partial charge in [-0.05, 0) is 12.1 Å². The topological polar surface area (TPSA) is 52.3 Å². The van der Waals surface area contributed by atoms with Gasteiger partial charge in [0.25, 0.3) is 0 Å². The monoisotopic (exact) mass is 199 g/mol. The lowest BCUT2D eigenvalue weighted by atomic mass is 10.3. The zero-order chi connectivity index (χ0) is 8.97. The van der Waals surface area contributed by atoms with E-state index in [2.05, 4.69) is 6.58 Å². The molecule has 0 aliphatic rings. The summed E-state index contributed by atoms with van der Waals surface area (Å²) in [5.74, 6) is -0.143. The number of esters is 1. The van der Waals surface area contributed by atoms with Crippen molar-refractivity contribution in [3.63, 3.8) is 0 Å². The lowest BCUT2D eigenvalue weighted by Crippen LogP contribution is -2.04. The molecule has 0 bridgehead atoms. The number of rotatable bonds is 2. The molecule has 1 aromatic rings. The van der Waals surface area contributed by atoms with Crippen LogP contribution in [0.2, 0.25) is 0 Å². The minimum Gasteiger partial charge on any atom is -0.421 e. The molecule has 1 rings (SSSR count). The first kappa shape index (κ1) is 11.5. The normalized spacial score (nSPS) is 8.31. The summed E-state index contributed by atoms with van der Waals surface area (Å²) < 4.78 is 4.81. The first-order chi connectivity index (χ1) is 5.74. The Labute approximate surface area is 82.6 Å². The molecule has 0 spiro atoms. The Hall–Kier alpha value is -1.48. The summed E-state index contributed by atoms with van der Waals surface area (Å²) in [4.78, 5) is 10.7. The van der Waals surface area contributed by atoms with E-state index in [-0.39, 0.29) is 12.4 Å². The standard InChI is InChI=1S/C9H9NO2.ClH/c1-2-9(11)12-8-6-4-3-5-7(8)10;/h2-6H,1,10H2;1H. The number of benzene rings is 1. The van der Waals surface area contributed by atoms with E-state index in [4.69, 9.17) is 10.5 Å². The number of anilines is 1.